The maximum Gasteiger partial charge on any atom is 0.222 e. The Morgan fingerprint density at radius 2 is 2.00 bits per heavy atom. The average Bonchev–Trinajstić information content (AvgIpc) is 3.15. The molecule has 1 amide bonds. The van der Waals surface area contributed by atoms with E-state index in [4.69, 9.17) is 4.99 Å². The Hall–Kier alpha value is -2.47. The van der Waals surface area contributed by atoms with E-state index in [2.05, 4.69) is 73.2 Å². The van der Waals surface area contributed by atoms with Crippen LogP contribution in [0.1, 0.15) is 42.0 Å². The summed E-state index contributed by atoms with van der Waals surface area (Å²) in [4.78, 5) is 19.9. The number of nitrogens with one attached hydrogen (secondary N) is 2. The first-order valence-corrected chi connectivity index (χ1v) is 11.8. The number of benzene rings is 2. The summed E-state index contributed by atoms with van der Waals surface area (Å²) >= 11 is 1.77. The third kappa shape index (κ3) is 6.26. The predicted octanol–water partition coefficient (Wildman–Crippen LogP) is 4.09. The number of rotatable bonds is 8. The van der Waals surface area contributed by atoms with Crippen molar-refractivity contribution in [1.82, 2.24) is 15.5 Å². The molecule has 0 aromatic heterocycles. The van der Waals surface area contributed by atoms with Gasteiger partial charge in [0.15, 0.2) is 5.96 Å². The van der Waals surface area contributed by atoms with Gasteiger partial charge in [0, 0.05) is 37.5 Å². The molecular formula is C24H32N4OS. The number of likely N-dealkylation sites (tertiary alicyclic amines) is 1. The third-order valence-corrected chi connectivity index (χ3v) is 6.01. The average molecular weight is 425 g/mol. The first kappa shape index (κ1) is 22.2. The Morgan fingerprint density at radius 1 is 1.17 bits per heavy atom. The number of carbonyl (C=O) groups excluding carboxylic acids is 1. The molecule has 160 valence electrons. The van der Waals surface area contributed by atoms with Crippen molar-refractivity contribution in [2.75, 3.05) is 19.3 Å². The van der Waals surface area contributed by atoms with E-state index in [1.54, 1.807) is 11.8 Å². The summed E-state index contributed by atoms with van der Waals surface area (Å²) in [6.07, 6.45) is 3.76. The Morgan fingerprint density at radius 3 is 2.73 bits per heavy atom. The lowest BCUT2D eigenvalue weighted by Crippen LogP contribution is -2.36. The lowest BCUT2D eigenvalue weighted by atomic mass is 10.1. The van der Waals surface area contributed by atoms with Crippen molar-refractivity contribution in [3.8, 4) is 0 Å². The van der Waals surface area contributed by atoms with Crippen LogP contribution in [0.3, 0.4) is 0 Å². The Bertz CT molecular complexity index is 897. The molecule has 1 saturated heterocycles. The lowest BCUT2D eigenvalue weighted by molar-refractivity contribution is -0.128. The first-order valence-electron chi connectivity index (χ1n) is 10.6. The number of nitrogens with zero attached hydrogens (tertiary/aromatic N) is 2. The van der Waals surface area contributed by atoms with Crippen molar-refractivity contribution in [1.29, 1.82) is 0 Å². The zero-order valence-corrected chi connectivity index (χ0v) is 19.0. The Balaban J connectivity index is 1.63. The molecule has 1 fully saturated rings. The second-order valence-corrected chi connectivity index (χ2v) is 8.45. The van der Waals surface area contributed by atoms with Crippen LogP contribution in [0.25, 0.3) is 0 Å². The van der Waals surface area contributed by atoms with Gasteiger partial charge < -0.3 is 15.5 Å². The fourth-order valence-electron chi connectivity index (χ4n) is 3.61. The minimum Gasteiger partial charge on any atom is -0.357 e. The minimum absolute atomic E-state index is 0.262. The molecule has 1 aliphatic rings. The molecule has 5 nitrogen and oxygen atoms in total. The lowest BCUT2D eigenvalue weighted by Gasteiger charge is -2.16. The summed E-state index contributed by atoms with van der Waals surface area (Å²) in [5.41, 5.74) is 4.87. The van der Waals surface area contributed by atoms with Crippen LogP contribution < -0.4 is 10.6 Å². The monoisotopic (exact) mass is 424 g/mol. The van der Waals surface area contributed by atoms with E-state index in [-0.39, 0.29) is 5.91 Å². The summed E-state index contributed by atoms with van der Waals surface area (Å²) in [5, 5.41) is 6.78. The quantitative estimate of drug-likeness (QED) is 0.381. The standard InChI is InChI=1S/C24H32N4OS/c1-4-25-24(27-16-21-11-10-18(2)13-22(21)30-3)26-15-19-7-5-8-20(14-19)17-28-12-6-9-23(28)29/h5,7-8,10-11,13-14H,4,6,9,12,15-17H2,1-3H3,(H2,25,26,27). The molecule has 0 aliphatic carbocycles. The highest BCUT2D eigenvalue weighted by Gasteiger charge is 2.19. The molecule has 30 heavy (non-hydrogen) atoms. The van der Waals surface area contributed by atoms with E-state index in [1.165, 1.54) is 21.6 Å². The van der Waals surface area contributed by atoms with Crippen LogP contribution in [-0.2, 0) is 24.4 Å². The molecule has 6 heteroatoms. The van der Waals surface area contributed by atoms with Gasteiger partial charge in [0.25, 0.3) is 0 Å². The zero-order chi connectivity index (χ0) is 21.3. The van der Waals surface area contributed by atoms with Gasteiger partial charge in [-0.25, -0.2) is 4.99 Å². The van der Waals surface area contributed by atoms with Crippen LogP contribution in [0.15, 0.2) is 52.4 Å². The maximum absolute atomic E-state index is 11.9. The van der Waals surface area contributed by atoms with Crippen LogP contribution in [-0.4, -0.2) is 36.1 Å². The molecular weight excluding hydrogens is 392 g/mol. The second-order valence-electron chi connectivity index (χ2n) is 7.60. The predicted molar refractivity (Wildman–Crippen MR) is 126 cm³/mol. The second kappa shape index (κ2) is 11.1. The molecule has 2 aromatic carbocycles. The highest BCUT2D eigenvalue weighted by atomic mass is 32.2. The molecule has 0 spiro atoms. The fraction of sp³-hybridized carbons (Fsp3) is 0.417. The molecule has 0 atom stereocenters. The van der Waals surface area contributed by atoms with E-state index >= 15 is 0 Å². The van der Waals surface area contributed by atoms with E-state index < -0.39 is 0 Å². The summed E-state index contributed by atoms with van der Waals surface area (Å²) < 4.78 is 0. The SMILES string of the molecule is CCNC(=NCc1cccc(CN2CCCC2=O)c1)NCc1ccc(C)cc1SC. The van der Waals surface area contributed by atoms with Gasteiger partial charge in [-0.15, -0.1) is 11.8 Å². The van der Waals surface area contributed by atoms with Crippen molar-refractivity contribution >= 4 is 23.6 Å². The number of aliphatic imine (C=N–C) groups is 1. The van der Waals surface area contributed by atoms with Crippen LogP contribution >= 0.6 is 11.8 Å². The van der Waals surface area contributed by atoms with E-state index in [0.29, 0.717) is 19.5 Å². The van der Waals surface area contributed by atoms with E-state index in [0.717, 1.165) is 37.6 Å². The summed E-state index contributed by atoms with van der Waals surface area (Å²) in [6, 6.07) is 14.9. The van der Waals surface area contributed by atoms with Crippen LogP contribution in [0, 0.1) is 6.92 Å². The van der Waals surface area contributed by atoms with Gasteiger partial charge in [-0.1, -0.05) is 36.4 Å². The smallest absolute Gasteiger partial charge is 0.222 e. The zero-order valence-electron chi connectivity index (χ0n) is 18.2. The molecule has 1 heterocycles. The highest BCUT2D eigenvalue weighted by molar-refractivity contribution is 7.98. The van der Waals surface area contributed by atoms with Crippen LogP contribution in [0.4, 0.5) is 0 Å². The van der Waals surface area contributed by atoms with Gasteiger partial charge in [0.05, 0.1) is 6.54 Å². The normalized spacial score (nSPS) is 14.3. The van der Waals surface area contributed by atoms with Gasteiger partial charge in [-0.2, -0.15) is 0 Å². The number of hydrogen-bond donors (Lipinski definition) is 2. The molecule has 0 unspecified atom stereocenters. The number of carbonyl (C=O) groups is 1. The molecule has 2 aromatic rings. The summed E-state index contributed by atoms with van der Waals surface area (Å²) in [7, 11) is 0. The van der Waals surface area contributed by atoms with Crippen molar-refractivity contribution in [3.63, 3.8) is 0 Å². The highest BCUT2D eigenvalue weighted by Crippen LogP contribution is 2.21. The van der Waals surface area contributed by atoms with Gasteiger partial charge >= 0.3 is 0 Å². The Kier molecular flexibility index (Phi) is 8.20. The topological polar surface area (TPSA) is 56.7 Å². The number of thioether (sulfide) groups is 1. The molecule has 0 saturated carbocycles. The number of hydrogen-bond acceptors (Lipinski definition) is 3. The fourth-order valence-corrected chi connectivity index (χ4v) is 4.31. The molecule has 1 aliphatic heterocycles. The molecule has 0 radical (unpaired) electrons. The number of guanidine groups is 1. The van der Waals surface area contributed by atoms with Gasteiger partial charge in [0.2, 0.25) is 5.91 Å². The van der Waals surface area contributed by atoms with Gasteiger partial charge in [-0.3, -0.25) is 4.79 Å². The third-order valence-electron chi connectivity index (χ3n) is 5.19. The first-order chi connectivity index (χ1) is 14.6. The van der Waals surface area contributed by atoms with E-state index in [9.17, 15) is 4.79 Å². The van der Waals surface area contributed by atoms with E-state index in [1.807, 2.05) is 4.90 Å². The van der Waals surface area contributed by atoms with Crippen molar-refractivity contribution in [2.24, 2.45) is 4.99 Å². The number of aryl methyl sites for hydroxylation is 1. The minimum atomic E-state index is 0.262. The van der Waals surface area contributed by atoms with Crippen molar-refractivity contribution in [3.05, 3.63) is 64.7 Å². The van der Waals surface area contributed by atoms with Crippen LogP contribution in [0.5, 0.6) is 0 Å². The van der Waals surface area contributed by atoms with Crippen LogP contribution in [0.2, 0.25) is 0 Å². The molecule has 2 N–H and O–H groups in total. The van der Waals surface area contributed by atoms with Crippen molar-refractivity contribution in [2.45, 2.75) is 51.2 Å². The maximum atomic E-state index is 11.9. The molecule has 3 rings (SSSR count). The largest absolute Gasteiger partial charge is 0.357 e. The summed E-state index contributed by atoms with van der Waals surface area (Å²) in [6.45, 7) is 7.90. The number of amides is 1. The molecule has 0 bridgehead atoms. The van der Waals surface area contributed by atoms with Gasteiger partial charge in [-0.05, 0) is 54.8 Å². The van der Waals surface area contributed by atoms with Crippen molar-refractivity contribution < 1.29 is 4.79 Å². The Labute approximate surface area is 184 Å². The van der Waals surface area contributed by atoms with Gasteiger partial charge in [0.1, 0.15) is 0 Å². The summed E-state index contributed by atoms with van der Waals surface area (Å²) in [5.74, 6) is 1.07.